The van der Waals surface area contributed by atoms with Gasteiger partial charge in [0.1, 0.15) is 0 Å². The van der Waals surface area contributed by atoms with E-state index in [0.29, 0.717) is 29.9 Å². The van der Waals surface area contributed by atoms with Gasteiger partial charge < -0.3 is 20.5 Å². The maximum Gasteiger partial charge on any atom is 0.335 e. The van der Waals surface area contributed by atoms with Gasteiger partial charge in [-0.2, -0.15) is 0 Å². The highest BCUT2D eigenvalue weighted by Gasteiger charge is 2.08. The van der Waals surface area contributed by atoms with Crippen molar-refractivity contribution in [2.24, 2.45) is 0 Å². The number of urea groups is 1. The SMILES string of the molecule is CCOCCCNC(=O)Nc1cc(Br)cc(C(=O)O)c1. The first-order valence-electron chi connectivity index (χ1n) is 6.19. The summed E-state index contributed by atoms with van der Waals surface area (Å²) >= 11 is 3.20. The molecular weight excluding hydrogens is 328 g/mol. The van der Waals surface area contributed by atoms with E-state index in [4.69, 9.17) is 9.84 Å². The molecule has 0 aliphatic carbocycles. The number of aromatic carboxylic acids is 1. The van der Waals surface area contributed by atoms with E-state index < -0.39 is 5.97 Å². The van der Waals surface area contributed by atoms with Crippen LogP contribution in [0, 0.1) is 0 Å². The molecule has 0 aliphatic rings. The molecule has 6 nitrogen and oxygen atoms in total. The third-order valence-corrected chi connectivity index (χ3v) is 2.82. The molecule has 3 N–H and O–H groups in total. The van der Waals surface area contributed by atoms with Crippen LogP contribution in [0.5, 0.6) is 0 Å². The van der Waals surface area contributed by atoms with E-state index in [2.05, 4.69) is 26.6 Å². The quantitative estimate of drug-likeness (QED) is 0.663. The zero-order chi connectivity index (χ0) is 15.0. The molecule has 0 saturated carbocycles. The summed E-state index contributed by atoms with van der Waals surface area (Å²) in [5.74, 6) is -1.05. The van der Waals surface area contributed by atoms with Gasteiger partial charge >= 0.3 is 12.0 Å². The molecule has 0 aliphatic heterocycles. The molecule has 1 aromatic carbocycles. The van der Waals surface area contributed by atoms with Crippen molar-refractivity contribution in [2.75, 3.05) is 25.1 Å². The average Bonchev–Trinajstić information content (AvgIpc) is 2.37. The topological polar surface area (TPSA) is 87.7 Å². The molecule has 0 saturated heterocycles. The van der Waals surface area contributed by atoms with Gasteiger partial charge in [-0.1, -0.05) is 15.9 Å². The Hall–Kier alpha value is -1.60. The maximum atomic E-state index is 11.6. The molecule has 0 atom stereocenters. The van der Waals surface area contributed by atoms with Crippen molar-refractivity contribution in [1.29, 1.82) is 0 Å². The first kappa shape index (κ1) is 16.5. The highest BCUT2D eigenvalue weighted by Crippen LogP contribution is 2.19. The van der Waals surface area contributed by atoms with Gasteiger partial charge in [-0.3, -0.25) is 0 Å². The van der Waals surface area contributed by atoms with Crippen LogP contribution in [-0.2, 0) is 4.74 Å². The number of nitrogens with one attached hydrogen (secondary N) is 2. The summed E-state index contributed by atoms with van der Waals surface area (Å²) in [5.41, 5.74) is 0.519. The standard InChI is InChI=1S/C13H17BrN2O4/c1-2-20-5-3-4-15-13(19)16-11-7-9(12(17)18)6-10(14)8-11/h6-8H,2-5H2,1H3,(H,17,18)(H2,15,16,19). The molecule has 0 radical (unpaired) electrons. The minimum Gasteiger partial charge on any atom is -0.478 e. The van der Waals surface area contributed by atoms with E-state index in [1.54, 1.807) is 6.07 Å². The van der Waals surface area contributed by atoms with Crippen molar-refractivity contribution >= 4 is 33.6 Å². The van der Waals surface area contributed by atoms with E-state index in [-0.39, 0.29) is 11.6 Å². The van der Waals surface area contributed by atoms with Gasteiger partial charge in [0.2, 0.25) is 0 Å². The van der Waals surface area contributed by atoms with Crippen molar-refractivity contribution in [1.82, 2.24) is 5.32 Å². The number of ether oxygens (including phenoxy) is 1. The number of rotatable bonds is 7. The summed E-state index contributed by atoms with van der Waals surface area (Å²) in [7, 11) is 0. The van der Waals surface area contributed by atoms with Crippen LogP contribution in [0.3, 0.4) is 0 Å². The van der Waals surface area contributed by atoms with Crippen molar-refractivity contribution in [3.05, 3.63) is 28.2 Å². The van der Waals surface area contributed by atoms with E-state index >= 15 is 0 Å². The first-order valence-corrected chi connectivity index (χ1v) is 6.98. The summed E-state index contributed by atoms with van der Waals surface area (Å²) < 4.78 is 5.74. The summed E-state index contributed by atoms with van der Waals surface area (Å²) in [4.78, 5) is 22.5. The van der Waals surface area contributed by atoms with E-state index in [9.17, 15) is 9.59 Å². The second kappa shape index (κ2) is 8.55. The molecule has 0 unspecified atom stereocenters. The Balaban J connectivity index is 2.47. The number of anilines is 1. The smallest absolute Gasteiger partial charge is 0.335 e. The summed E-state index contributed by atoms with van der Waals surface area (Å²) in [6, 6.07) is 4.11. The number of benzene rings is 1. The monoisotopic (exact) mass is 344 g/mol. The van der Waals surface area contributed by atoms with Gasteiger partial charge in [-0.25, -0.2) is 9.59 Å². The maximum absolute atomic E-state index is 11.6. The molecule has 0 bridgehead atoms. The Bertz CT molecular complexity index is 479. The minimum absolute atomic E-state index is 0.103. The largest absolute Gasteiger partial charge is 0.478 e. The van der Waals surface area contributed by atoms with E-state index in [0.717, 1.165) is 6.42 Å². The van der Waals surface area contributed by atoms with Gasteiger partial charge in [-0.15, -0.1) is 0 Å². The fourth-order valence-corrected chi connectivity index (χ4v) is 1.97. The molecule has 1 aromatic rings. The number of hydrogen-bond acceptors (Lipinski definition) is 3. The molecular formula is C13H17BrN2O4. The third kappa shape index (κ3) is 6.03. The molecule has 110 valence electrons. The van der Waals surface area contributed by atoms with Gasteiger partial charge in [0.25, 0.3) is 0 Å². The highest BCUT2D eigenvalue weighted by atomic mass is 79.9. The first-order chi connectivity index (χ1) is 9.52. The van der Waals surface area contributed by atoms with E-state index in [1.807, 2.05) is 6.92 Å². The zero-order valence-corrected chi connectivity index (χ0v) is 12.7. The van der Waals surface area contributed by atoms with Crippen LogP contribution >= 0.6 is 15.9 Å². The second-order valence-corrected chi connectivity index (χ2v) is 4.88. The fraction of sp³-hybridized carbons (Fsp3) is 0.385. The number of halogens is 1. The second-order valence-electron chi connectivity index (χ2n) is 3.97. The number of carboxylic acid groups (broad SMARTS) is 1. The molecule has 0 heterocycles. The number of hydrogen-bond donors (Lipinski definition) is 3. The molecule has 0 fully saturated rings. The lowest BCUT2D eigenvalue weighted by Crippen LogP contribution is -2.30. The number of amides is 2. The molecule has 20 heavy (non-hydrogen) atoms. The molecule has 2 amide bonds. The van der Waals surface area contributed by atoms with Crippen molar-refractivity contribution in [3.63, 3.8) is 0 Å². The molecule has 1 rings (SSSR count). The van der Waals surface area contributed by atoms with Crippen LogP contribution in [0.1, 0.15) is 23.7 Å². The van der Waals surface area contributed by atoms with Crippen LogP contribution in [0.4, 0.5) is 10.5 Å². The Morgan fingerprint density at radius 1 is 1.35 bits per heavy atom. The zero-order valence-electron chi connectivity index (χ0n) is 11.1. The lowest BCUT2D eigenvalue weighted by molar-refractivity contribution is 0.0696. The lowest BCUT2D eigenvalue weighted by atomic mass is 10.2. The van der Waals surface area contributed by atoms with Crippen molar-refractivity contribution in [3.8, 4) is 0 Å². The normalized spacial score (nSPS) is 10.1. The Morgan fingerprint density at radius 3 is 2.75 bits per heavy atom. The van der Waals surface area contributed by atoms with Crippen LogP contribution in [0.2, 0.25) is 0 Å². The van der Waals surface area contributed by atoms with Gasteiger partial charge in [0.05, 0.1) is 5.56 Å². The Morgan fingerprint density at radius 2 is 2.10 bits per heavy atom. The number of carbonyl (C=O) groups excluding carboxylic acids is 1. The predicted molar refractivity (Wildman–Crippen MR) is 79.2 cm³/mol. The molecule has 0 spiro atoms. The van der Waals surface area contributed by atoms with Gasteiger partial charge in [0.15, 0.2) is 0 Å². The average molecular weight is 345 g/mol. The van der Waals surface area contributed by atoms with Gasteiger partial charge in [0, 0.05) is 29.9 Å². The van der Waals surface area contributed by atoms with Gasteiger partial charge in [-0.05, 0) is 31.5 Å². The number of carbonyl (C=O) groups is 2. The molecule has 0 aromatic heterocycles. The Kier molecular flexibility index (Phi) is 7.03. The van der Waals surface area contributed by atoms with Crippen molar-refractivity contribution in [2.45, 2.75) is 13.3 Å². The van der Waals surface area contributed by atoms with Crippen LogP contribution in [0.15, 0.2) is 22.7 Å². The molecule has 7 heteroatoms. The predicted octanol–water partition coefficient (Wildman–Crippen LogP) is 2.70. The van der Waals surface area contributed by atoms with Crippen LogP contribution in [-0.4, -0.2) is 36.9 Å². The van der Waals surface area contributed by atoms with Crippen molar-refractivity contribution < 1.29 is 19.4 Å². The lowest BCUT2D eigenvalue weighted by Gasteiger charge is -2.09. The summed E-state index contributed by atoms with van der Waals surface area (Å²) in [6.45, 7) is 3.65. The third-order valence-electron chi connectivity index (χ3n) is 2.36. The van der Waals surface area contributed by atoms with E-state index in [1.165, 1.54) is 12.1 Å². The van der Waals surface area contributed by atoms with Crippen LogP contribution < -0.4 is 10.6 Å². The Labute approximate surface area is 125 Å². The number of carboxylic acids is 1. The minimum atomic E-state index is -1.05. The fourth-order valence-electron chi connectivity index (χ4n) is 1.48. The van der Waals surface area contributed by atoms with Crippen LogP contribution in [0.25, 0.3) is 0 Å². The highest BCUT2D eigenvalue weighted by molar-refractivity contribution is 9.10. The summed E-state index contributed by atoms with van der Waals surface area (Å²) in [6.07, 6.45) is 0.722. The summed E-state index contributed by atoms with van der Waals surface area (Å²) in [5, 5.41) is 14.2.